The maximum atomic E-state index is 12.8. The fourth-order valence-electron chi connectivity index (χ4n) is 2.93. The molecule has 146 valence electrons. The van der Waals surface area contributed by atoms with Gasteiger partial charge in [-0.15, -0.1) is 0 Å². The minimum atomic E-state index is -0.557. The fraction of sp³-hybridized carbons (Fsp3) is 0.273. The second-order valence-corrected chi connectivity index (χ2v) is 6.24. The number of carbonyl (C=O) groups is 2. The largest absolute Gasteiger partial charge is 0.496 e. The number of hydrogen-bond acceptors (Lipinski definition) is 5. The molecule has 0 N–H and O–H groups in total. The average molecular weight is 381 g/mol. The standard InChI is InChI=1S/C22H23NO5/c1-26-20-10-6-5-9-18(20)15-19(17-7-3-2-4-8-17)22(25)28-16-21(24)23-11-13-27-14-12-23/h2-10,15H,11-14,16H2,1H3/b19-15+. The lowest BCUT2D eigenvalue weighted by Gasteiger charge is -2.26. The minimum absolute atomic E-state index is 0.221. The molecule has 28 heavy (non-hydrogen) atoms. The molecule has 0 atom stereocenters. The number of carbonyl (C=O) groups excluding carboxylic acids is 2. The Hall–Kier alpha value is -3.12. The molecule has 1 fully saturated rings. The highest BCUT2D eigenvalue weighted by atomic mass is 16.5. The Morgan fingerprint density at radius 2 is 1.71 bits per heavy atom. The zero-order valence-electron chi connectivity index (χ0n) is 15.8. The quantitative estimate of drug-likeness (QED) is 0.437. The molecule has 1 aliphatic heterocycles. The van der Waals surface area contributed by atoms with E-state index in [1.165, 1.54) is 0 Å². The van der Waals surface area contributed by atoms with Gasteiger partial charge < -0.3 is 19.1 Å². The second kappa shape index (κ2) is 9.71. The highest BCUT2D eigenvalue weighted by Gasteiger charge is 2.20. The molecule has 1 amide bonds. The molecule has 1 aliphatic rings. The number of morpholine rings is 1. The first-order valence-electron chi connectivity index (χ1n) is 9.12. The molecular formula is C22H23NO5. The van der Waals surface area contributed by atoms with Crippen LogP contribution in [0.25, 0.3) is 11.6 Å². The molecule has 0 aliphatic carbocycles. The van der Waals surface area contributed by atoms with Gasteiger partial charge in [-0.05, 0) is 17.7 Å². The third kappa shape index (κ3) is 4.98. The summed E-state index contributed by atoms with van der Waals surface area (Å²) in [6.45, 7) is 1.73. The van der Waals surface area contributed by atoms with E-state index in [0.717, 1.165) is 5.56 Å². The van der Waals surface area contributed by atoms with E-state index in [1.807, 2.05) is 54.6 Å². The number of para-hydroxylation sites is 1. The highest BCUT2D eigenvalue weighted by molar-refractivity contribution is 6.22. The van der Waals surface area contributed by atoms with Crippen LogP contribution in [-0.4, -0.2) is 56.8 Å². The van der Waals surface area contributed by atoms with Gasteiger partial charge in [-0.2, -0.15) is 0 Å². The molecule has 0 radical (unpaired) electrons. The van der Waals surface area contributed by atoms with Gasteiger partial charge in [0.25, 0.3) is 5.91 Å². The number of ether oxygens (including phenoxy) is 3. The highest BCUT2D eigenvalue weighted by Crippen LogP contribution is 2.25. The number of methoxy groups -OCH3 is 1. The Balaban J connectivity index is 1.80. The lowest BCUT2D eigenvalue weighted by molar-refractivity contribution is -0.149. The van der Waals surface area contributed by atoms with Gasteiger partial charge in [0.1, 0.15) is 5.75 Å². The minimum Gasteiger partial charge on any atom is -0.496 e. The van der Waals surface area contributed by atoms with Gasteiger partial charge in [0, 0.05) is 18.7 Å². The van der Waals surface area contributed by atoms with Crippen molar-refractivity contribution in [2.45, 2.75) is 0 Å². The molecule has 3 rings (SSSR count). The molecule has 0 unspecified atom stereocenters. The molecule has 0 saturated carbocycles. The van der Waals surface area contributed by atoms with Gasteiger partial charge in [0.15, 0.2) is 6.61 Å². The lowest BCUT2D eigenvalue weighted by Crippen LogP contribution is -2.42. The van der Waals surface area contributed by atoms with Crippen molar-refractivity contribution >= 4 is 23.5 Å². The number of amides is 1. The van der Waals surface area contributed by atoms with Crippen molar-refractivity contribution < 1.29 is 23.8 Å². The van der Waals surface area contributed by atoms with E-state index in [1.54, 1.807) is 18.1 Å². The first-order chi connectivity index (χ1) is 13.7. The monoisotopic (exact) mass is 381 g/mol. The topological polar surface area (TPSA) is 65.1 Å². The number of rotatable bonds is 6. The summed E-state index contributed by atoms with van der Waals surface area (Å²) in [4.78, 5) is 26.7. The van der Waals surface area contributed by atoms with Gasteiger partial charge in [-0.3, -0.25) is 4.79 Å². The van der Waals surface area contributed by atoms with E-state index < -0.39 is 5.97 Å². The normalized spacial score (nSPS) is 14.5. The zero-order valence-corrected chi connectivity index (χ0v) is 15.8. The molecule has 2 aromatic carbocycles. The molecule has 6 nitrogen and oxygen atoms in total. The molecular weight excluding hydrogens is 358 g/mol. The van der Waals surface area contributed by atoms with Crippen LogP contribution in [-0.2, 0) is 19.1 Å². The van der Waals surface area contributed by atoms with E-state index in [4.69, 9.17) is 14.2 Å². The first-order valence-corrected chi connectivity index (χ1v) is 9.12. The van der Waals surface area contributed by atoms with Crippen LogP contribution in [0.2, 0.25) is 0 Å². The maximum Gasteiger partial charge on any atom is 0.339 e. The van der Waals surface area contributed by atoms with Crippen LogP contribution in [0.1, 0.15) is 11.1 Å². The second-order valence-electron chi connectivity index (χ2n) is 6.24. The van der Waals surface area contributed by atoms with Crippen molar-refractivity contribution in [3.05, 3.63) is 65.7 Å². The van der Waals surface area contributed by atoms with Gasteiger partial charge in [-0.1, -0.05) is 48.5 Å². The summed E-state index contributed by atoms with van der Waals surface area (Å²) >= 11 is 0. The molecule has 1 heterocycles. The Labute approximate surface area is 164 Å². The Morgan fingerprint density at radius 1 is 1.04 bits per heavy atom. The van der Waals surface area contributed by atoms with E-state index in [-0.39, 0.29) is 12.5 Å². The molecule has 0 spiro atoms. The number of hydrogen-bond donors (Lipinski definition) is 0. The summed E-state index contributed by atoms with van der Waals surface area (Å²) < 4.78 is 15.9. The molecule has 6 heteroatoms. The maximum absolute atomic E-state index is 12.8. The average Bonchev–Trinajstić information content (AvgIpc) is 2.77. The molecule has 0 aromatic heterocycles. The van der Waals surface area contributed by atoms with E-state index in [2.05, 4.69) is 0 Å². The van der Waals surface area contributed by atoms with Crippen LogP contribution in [0.4, 0.5) is 0 Å². The van der Waals surface area contributed by atoms with Crippen LogP contribution >= 0.6 is 0 Å². The van der Waals surface area contributed by atoms with Crippen molar-refractivity contribution in [2.24, 2.45) is 0 Å². The SMILES string of the molecule is COc1ccccc1/C=C(/C(=O)OCC(=O)N1CCOCC1)c1ccccc1. The van der Waals surface area contributed by atoms with Gasteiger partial charge >= 0.3 is 5.97 Å². The first kappa shape index (κ1) is 19.6. The van der Waals surface area contributed by atoms with Crippen LogP contribution in [0.3, 0.4) is 0 Å². The zero-order chi connectivity index (χ0) is 19.8. The third-order valence-corrected chi connectivity index (χ3v) is 4.43. The van der Waals surface area contributed by atoms with Crippen LogP contribution in [0.15, 0.2) is 54.6 Å². The van der Waals surface area contributed by atoms with Crippen molar-refractivity contribution in [2.75, 3.05) is 40.0 Å². The predicted octanol–water partition coefficient (Wildman–Crippen LogP) is 2.64. The summed E-state index contributed by atoms with van der Waals surface area (Å²) in [7, 11) is 1.58. The van der Waals surface area contributed by atoms with Gasteiger partial charge in [-0.25, -0.2) is 4.79 Å². The number of nitrogens with zero attached hydrogens (tertiary/aromatic N) is 1. The predicted molar refractivity (Wildman–Crippen MR) is 106 cm³/mol. The summed E-state index contributed by atoms with van der Waals surface area (Å²) in [5.74, 6) is -0.131. The van der Waals surface area contributed by atoms with Gasteiger partial charge in [0.2, 0.25) is 0 Å². The number of esters is 1. The summed E-state index contributed by atoms with van der Waals surface area (Å²) in [5, 5.41) is 0. The molecule has 1 saturated heterocycles. The number of benzene rings is 2. The van der Waals surface area contributed by atoms with Crippen LogP contribution < -0.4 is 4.74 Å². The van der Waals surface area contributed by atoms with Crippen LogP contribution in [0.5, 0.6) is 5.75 Å². The van der Waals surface area contributed by atoms with Crippen LogP contribution in [0, 0.1) is 0 Å². The van der Waals surface area contributed by atoms with Gasteiger partial charge in [0.05, 0.1) is 25.9 Å². The lowest BCUT2D eigenvalue weighted by atomic mass is 10.0. The van der Waals surface area contributed by atoms with E-state index in [0.29, 0.717) is 43.2 Å². The summed E-state index contributed by atoms with van der Waals surface area (Å²) in [6.07, 6.45) is 1.72. The van der Waals surface area contributed by atoms with Crippen molar-refractivity contribution in [3.63, 3.8) is 0 Å². The Bertz CT molecular complexity index is 841. The Kier molecular flexibility index (Phi) is 6.81. The molecule has 2 aromatic rings. The summed E-state index contributed by atoms with van der Waals surface area (Å²) in [5.41, 5.74) is 1.82. The Morgan fingerprint density at radius 3 is 2.43 bits per heavy atom. The smallest absolute Gasteiger partial charge is 0.339 e. The van der Waals surface area contributed by atoms with E-state index in [9.17, 15) is 9.59 Å². The van der Waals surface area contributed by atoms with Crippen molar-refractivity contribution in [3.8, 4) is 5.75 Å². The van der Waals surface area contributed by atoms with E-state index >= 15 is 0 Å². The third-order valence-electron chi connectivity index (χ3n) is 4.43. The van der Waals surface area contributed by atoms with Crippen molar-refractivity contribution in [1.82, 2.24) is 4.90 Å². The summed E-state index contributed by atoms with van der Waals surface area (Å²) in [6, 6.07) is 16.6. The van der Waals surface area contributed by atoms with Crippen molar-refractivity contribution in [1.29, 1.82) is 0 Å². The fourth-order valence-corrected chi connectivity index (χ4v) is 2.93. The molecule has 0 bridgehead atoms.